The fraction of sp³-hybridized carbons (Fsp3) is 0.333. The van der Waals surface area contributed by atoms with Crippen LogP contribution >= 0.6 is 0 Å². The van der Waals surface area contributed by atoms with Crippen LogP contribution in [0, 0.1) is 0 Å². The van der Waals surface area contributed by atoms with E-state index in [1.54, 1.807) is 6.07 Å². The zero-order valence-electron chi connectivity index (χ0n) is 13.8. The van der Waals surface area contributed by atoms with E-state index in [1.807, 2.05) is 30.3 Å². The second-order valence-corrected chi connectivity index (χ2v) is 7.36. The zero-order chi connectivity index (χ0) is 17.5. The lowest BCUT2D eigenvalue weighted by Crippen LogP contribution is -2.26. The van der Waals surface area contributed by atoms with Gasteiger partial charge in [-0.25, -0.2) is 13.1 Å². The van der Waals surface area contributed by atoms with Crippen LogP contribution in [0.5, 0.6) is 11.5 Å². The molecule has 2 aromatic rings. The summed E-state index contributed by atoms with van der Waals surface area (Å²) < 4.78 is 43.6. The van der Waals surface area contributed by atoms with Crippen LogP contribution in [0.1, 0.15) is 12.0 Å². The first kappa shape index (κ1) is 17.7. The van der Waals surface area contributed by atoms with Crippen LogP contribution in [-0.4, -0.2) is 34.8 Å². The van der Waals surface area contributed by atoms with Crippen molar-refractivity contribution in [1.29, 1.82) is 0 Å². The van der Waals surface area contributed by atoms with Gasteiger partial charge in [-0.15, -0.1) is 0 Å². The number of hydrogen-bond donors (Lipinski definition) is 1. The summed E-state index contributed by atoms with van der Waals surface area (Å²) in [5.74, 6) is 1.03. The molecule has 0 unspecified atom stereocenters. The van der Waals surface area contributed by atoms with Crippen molar-refractivity contribution in [2.45, 2.75) is 17.9 Å². The first-order chi connectivity index (χ1) is 12.1. The van der Waals surface area contributed by atoms with E-state index in [0.29, 0.717) is 50.9 Å². The second-order valence-electron chi connectivity index (χ2n) is 5.59. The minimum atomic E-state index is -3.57. The number of benzene rings is 2. The summed E-state index contributed by atoms with van der Waals surface area (Å²) >= 11 is 0. The number of ether oxygens (including phenoxy) is 3. The SMILES string of the molecule is O=S(=O)(NCCCOCc1ccccc1)c1ccc2c(c1)OCCO2. The molecular formula is C18H21NO5S. The van der Waals surface area contributed by atoms with Gasteiger partial charge in [0.15, 0.2) is 11.5 Å². The van der Waals surface area contributed by atoms with Gasteiger partial charge in [0.2, 0.25) is 10.0 Å². The summed E-state index contributed by atoms with van der Waals surface area (Å²) in [6.07, 6.45) is 0.594. The van der Waals surface area contributed by atoms with Crippen LogP contribution in [0.2, 0.25) is 0 Å². The maximum absolute atomic E-state index is 12.3. The van der Waals surface area contributed by atoms with Gasteiger partial charge < -0.3 is 14.2 Å². The molecule has 25 heavy (non-hydrogen) atoms. The van der Waals surface area contributed by atoms with Crippen molar-refractivity contribution in [1.82, 2.24) is 4.72 Å². The summed E-state index contributed by atoms with van der Waals surface area (Å²) in [4.78, 5) is 0.168. The highest BCUT2D eigenvalue weighted by molar-refractivity contribution is 7.89. The average molecular weight is 363 g/mol. The Morgan fingerprint density at radius 3 is 2.56 bits per heavy atom. The fourth-order valence-electron chi connectivity index (χ4n) is 2.42. The van der Waals surface area contributed by atoms with Gasteiger partial charge in [0.1, 0.15) is 13.2 Å². The molecule has 1 heterocycles. The molecule has 0 fully saturated rings. The Balaban J connectivity index is 1.44. The van der Waals surface area contributed by atoms with E-state index >= 15 is 0 Å². The first-order valence-electron chi connectivity index (χ1n) is 8.16. The normalized spacial score (nSPS) is 13.6. The molecule has 134 valence electrons. The van der Waals surface area contributed by atoms with Crippen LogP contribution in [0.3, 0.4) is 0 Å². The molecule has 0 spiro atoms. The van der Waals surface area contributed by atoms with Crippen LogP contribution in [0.4, 0.5) is 0 Å². The Bertz CT molecular complexity index is 792. The van der Waals surface area contributed by atoms with Gasteiger partial charge in [0.05, 0.1) is 11.5 Å². The van der Waals surface area contributed by atoms with E-state index in [1.165, 1.54) is 12.1 Å². The fourth-order valence-corrected chi connectivity index (χ4v) is 3.51. The Morgan fingerprint density at radius 1 is 1.00 bits per heavy atom. The predicted octanol–water partition coefficient (Wildman–Crippen LogP) is 2.34. The molecule has 0 atom stereocenters. The lowest BCUT2D eigenvalue weighted by atomic mass is 10.2. The number of fused-ring (bicyclic) bond motifs is 1. The quantitative estimate of drug-likeness (QED) is 0.729. The van der Waals surface area contributed by atoms with Crippen molar-refractivity contribution in [2.24, 2.45) is 0 Å². The van der Waals surface area contributed by atoms with E-state index in [2.05, 4.69) is 4.72 Å². The maximum atomic E-state index is 12.3. The van der Waals surface area contributed by atoms with Gasteiger partial charge in [-0.05, 0) is 24.1 Å². The molecule has 0 amide bonds. The van der Waals surface area contributed by atoms with Crippen molar-refractivity contribution in [2.75, 3.05) is 26.4 Å². The van der Waals surface area contributed by atoms with Crippen molar-refractivity contribution in [3.8, 4) is 11.5 Å². The highest BCUT2D eigenvalue weighted by atomic mass is 32.2. The van der Waals surface area contributed by atoms with E-state index in [9.17, 15) is 8.42 Å². The largest absolute Gasteiger partial charge is 0.486 e. The van der Waals surface area contributed by atoms with Crippen LogP contribution < -0.4 is 14.2 Å². The van der Waals surface area contributed by atoms with Crippen molar-refractivity contribution in [3.63, 3.8) is 0 Å². The number of hydrogen-bond acceptors (Lipinski definition) is 5. The third-order valence-electron chi connectivity index (χ3n) is 3.69. The molecule has 1 aliphatic heterocycles. The molecule has 0 aromatic heterocycles. The van der Waals surface area contributed by atoms with Crippen LogP contribution in [0.25, 0.3) is 0 Å². The molecular weight excluding hydrogens is 342 g/mol. The van der Waals surface area contributed by atoms with Gasteiger partial charge in [0, 0.05) is 19.2 Å². The summed E-state index contributed by atoms with van der Waals surface area (Å²) in [6.45, 7) is 2.21. The van der Waals surface area contributed by atoms with Gasteiger partial charge >= 0.3 is 0 Å². The van der Waals surface area contributed by atoms with Crippen LogP contribution in [0.15, 0.2) is 53.4 Å². The smallest absolute Gasteiger partial charge is 0.240 e. The summed E-state index contributed by atoms with van der Waals surface area (Å²) in [5.41, 5.74) is 1.10. The Kier molecular flexibility index (Phi) is 5.91. The van der Waals surface area contributed by atoms with E-state index in [0.717, 1.165) is 5.56 Å². The van der Waals surface area contributed by atoms with E-state index in [-0.39, 0.29) is 4.90 Å². The van der Waals surface area contributed by atoms with Gasteiger partial charge in [-0.1, -0.05) is 30.3 Å². The van der Waals surface area contributed by atoms with Gasteiger partial charge in [-0.3, -0.25) is 0 Å². The van der Waals surface area contributed by atoms with Crippen molar-refractivity contribution in [3.05, 3.63) is 54.1 Å². The van der Waals surface area contributed by atoms with Crippen molar-refractivity contribution < 1.29 is 22.6 Å². The number of sulfonamides is 1. The van der Waals surface area contributed by atoms with Crippen LogP contribution in [-0.2, 0) is 21.4 Å². The number of nitrogens with one attached hydrogen (secondary N) is 1. The molecule has 3 rings (SSSR count). The highest BCUT2D eigenvalue weighted by Crippen LogP contribution is 2.32. The minimum Gasteiger partial charge on any atom is -0.486 e. The zero-order valence-corrected chi connectivity index (χ0v) is 14.6. The first-order valence-corrected chi connectivity index (χ1v) is 9.64. The summed E-state index contributed by atoms with van der Waals surface area (Å²) in [5, 5.41) is 0. The Hall–Kier alpha value is -2.09. The molecule has 7 heteroatoms. The third-order valence-corrected chi connectivity index (χ3v) is 5.15. The molecule has 0 saturated carbocycles. The van der Waals surface area contributed by atoms with E-state index in [4.69, 9.17) is 14.2 Å². The van der Waals surface area contributed by atoms with E-state index < -0.39 is 10.0 Å². The maximum Gasteiger partial charge on any atom is 0.240 e. The average Bonchev–Trinajstić information content (AvgIpc) is 2.65. The monoisotopic (exact) mass is 363 g/mol. The summed E-state index contributed by atoms with van der Waals surface area (Å²) in [7, 11) is -3.57. The van der Waals surface area contributed by atoms with Crippen molar-refractivity contribution >= 4 is 10.0 Å². The number of rotatable bonds is 8. The Labute approximate surface area is 147 Å². The lowest BCUT2D eigenvalue weighted by molar-refractivity contribution is 0.119. The molecule has 0 aliphatic carbocycles. The summed E-state index contributed by atoms with van der Waals surface area (Å²) in [6, 6.07) is 14.5. The second kappa shape index (κ2) is 8.33. The Morgan fingerprint density at radius 2 is 1.76 bits per heavy atom. The van der Waals surface area contributed by atoms with Gasteiger partial charge in [0.25, 0.3) is 0 Å². The minimum absolute atomic E-state index is 0.168. The topological polar surface area (TPSA) is 73.9 Å². The molecule has 0 saturated heterocycles. The third kappa shape index (κ3) is 4.94. The highest BCUT2D eigenvalue weighted by Gasteiger charge is 2.18. The molecule has 1 aliphatic rings. The van der Waals surface area contributed by atoms with Gasteiger partial charge in [-0.2, -0.15) is 0 Å². The molecule has 6 nitrogen and oxygen atoms in total. The molecule has 0 radical (unpaired) electrons. The lowest BCUT2D eigenvalue weighted by Gasteiger charge is -2.18. The molecule has 2 aromatic carbocycles. The molecule has 0 bridgehead atoms. The molecule has 1 N–H and O–H groups in total. The predicted molar refractivity (Wildman–Crippen MR) is 93.3 cm³/mol. The standard InChI is InChI=1S/C18H21NO5S/c20-25(21,16-7-8-17-18(13-16)24-12-11-23-17)19-9-4-10-22-14-15-5-2-1-3-6-15/h1-3,5-8,13,19H,4,9-12,14H2.